The molecule has 0 radical (unpaired) electrons. The summed E-state index contributed by atoms with van der Waals surface area (Å²) in [4.78, 5) is 23.0. The smallest absolute Gasteiger partial charge is 0.335 e. The van der Waals surface area contributed by atoms with Crippen LogP contribution >= 0.6 is 0 Å². The lowest BCUT2D eigenvalue weighted by molar-refractivity contribution is 0.0415. The molecule has 0 bridgehead atoms. The van der Waals surface area contributed by atoms with E-state index in [1.54, 1.807) is 13.0 Å². The molecule has 2 rings (SSSR count). The molecule has 1 atom stereocenters. The van der Waals surface area contributed by atoms with Crippen LogP contribution in [0.1, 0.15) is 39.1 Å². The number of rotatable bonds is 7. The van der Waals surface area contributed by atoms with Crippen LogP contribution in [0.3, 0.4) is 0 Å². The number of hydrogen-bond acceptors (Lipinski definition) is 4. The zero-order valence-corrected chi connectivity index (χ0v) is 12.6. The molecule has 1 unspecified atom stereocenters. The summed E-state index contributed by atoms with van der Waals surface area (Å²) in [6, 6.07) is 4.60. The number of aromatic carboxylic acids is 1. The fraction of sp³-hybridized carbons (Fsp3) is 0.500. The Labute approximate surface area is 129 Å². The Morgan fingerprint density at radius 2 is 2.14 bits per heavy atom. The van der Waals surface area contributed by atoms with Crippen LogP contribution in [-0.4, -0.2) is 49.5 Å². The van der Waals surface area contributed by atoms with Crippen LogP contribution in [0.25, 0.3) is 0 Å². The monoisotopic (exact) mass is 307 g/mol. The van der Waals surface area contributed by atoms with Gasteiger partial charge in [0, 0.05) is 25.3 Å². The summed E-state index contributed by atoms with van der Waals surface area (Å²) >= 11 is 0. The summed E-state index contributed by atoms with van der Waals surface area (Å²) < 4.78 is 10.8. The number of carboxylic acids is 1. The molecule has 0 aliphatic carbocycles. The minimum atomic E-state index is -1.04. The molecule has 1 aromatic carbocycles. The minimum absolute atomic E-state index is 0.120. The van der Waals surface area contributed by atoms with E-state index in [2.05, 4.69) is 5.32 Å². The molecule has 6 heteroatoms. The number of carbonyl (C=O) groups is 2. The highest BCUT2D eigenvalue weighted by atomic mass is 16.5. The van der Waals surface area contributed by atoms with Crippen LogP contribution in [0.4, 0.5) is 0 Å². The van der Waals surface area contributed by atoms with Crippen LogP contribution in [0.5, 0.6) is 0 Å². The lowest BCUT2D eigenvalue weighted by Gasteiger charge is -2.10. The van der Waals surface area contributed by atoms with Crippen LogP contribution in [0.15, 0.2) is 18.2 Å². The quantitative estimate of drug-likeness (QED) is 0.748. The molecular weight excluding hydrogens is 286 g/mol. The van der Waals surface area contributed by atoms with E-state index in [1.165, 1.54) is 12.1 Å². The number of ether oxygens (including phenoxy) is 2. The topological polar surface area (TPSA) is 84.9 Å². The summed E-state index contributed by atoms with van der Waals surface area (Å²) in [7, 11) is 0. The molecule has 0 aromatic heterocycles. The predicted octanol–water partition coefficient (Wildman–Crippen LogP) is 1.62. The SMILES string of the molecule is Cc1cc(C(=O)O)cc(C(=O)NCCCOC2CCOC2)c1. The van der Waals surface area contributed by atoms with Gasteiger partial charge in [0.1, 0.15) is 0 Å². The highest BCUT2D eigenvalue weighted by molar-refractivity contribution is 5.97. The lowest BCUT2D eigenvalue weighted by Crippen LogP contribution is -2.26. The number of benzene rings is 1. The van der Waals surface area contributed by atoms with E-state index in [1.807, 2.05) is 0 Å². The van der Waals surface area contributed by atoms with E-state index < -0.39 is 5.97 Å². The molecule has 1 heterocycles. The van der Waals surface area contributed by atoms with Gasteiger partial charge in [-0.25, -0.2) is 4.79 Å². The minimum Gasteiger partial charge on any atom is -0.478 e. The van der Waals surface area contributed by atoms with Gasteiger partial charge in [-0.3, -0.25) is 4.79 Å². The van der Waals surface area contributed by atoms with Gasteiger partial charge < -0.3 is 19.9 Å². The Balaban J connectivity index is 1.75. The Hall–Kier alpha value is -1.92. The molecule has 1 aliphatic heterocycles. The summed E-state index contributed by atoms with van der Waals surface area (Å²) in [5.74, 6) is -1.31. The normalized spacial score (nSPS) is 17.4. The maximum atomic E-state index is 12.0. The molecule has 6 nitrogen and oxygen atoms in total. The summed E-state index contributed by atoms with van der Waals surface area (Å²) in [6.07, 6.45) is 1.80. The van der Waals surface area contributed by atoms with Crippen LogP contribution < -0.4 is 5.32 Å². The average molecular weight is 307 g/mol. The number of hydrogen-bond donors (Lipinski definition) is 2. The van der Waals surface area contributed by atoms with Crippen molar-refractivity contribution in [3.8, 4) is 0 Å². The van der Waals surface area contributed by atoms with Gasteiger partial charge in [-0.05, 0) is 43.5 Å². The number of aryl methyl sites for hydroxylation is 1. The molecule has 120 valence electrons. The van der Waals surface area contributed by atoms with Gasteiger partial charge >= 0.3 is 5.97 Å². The Kier molecular flexibility index (Phi) is 5.91. The molecule has 22 heavy (non-hydrogen) atoms. The fourth-order valence-electron chi connectivity index (χ4n) is 2.31. The van der Waals surface area contributed by atoms with Gasteiger partial charge in [0.25, 0.3) is 5.91 Å². The third kappa shape index (κ3) is 4.82. The number of carbonyl (C=O) groups excluding carboxylic acids is 1. The second kappa shape index (κ2) is 7.91. The standard InChI is InChI=1S/C16H21NO5/c1-11-7-12(9-13(8-11)16(19)20)15(18)17-4-2-5-22-14-3-6-21-10-14/h7-9,14H,2-6,10H2,1H3,(H,17,18)(H,19,20). The Bertz CT molecular complexity index is 537. The zero-order chi connectivity index (χ0) is 15.9. The second-order valence-corrected chi connectivity index (χ2v) is 5.36. The lowest BCUT2D eigenvalue weighted by atomic mass is 10.1. The Morgan fingerprint density at radius 3 is 2.82 bits per heavy atom. The van der Waals surface area contributed by atoms with E-state index in [0.717, 1.165) is 18.6 Å². The van der Waals surface area contributed by atoms with Crippen molar-refractivity contribution in [2.45, 2.75) is 25.9 Å². The van der Waals surface area contributed by atoms with Gasteiger partial charge in [0.2, 0.25) is 0 Å². The maximum Gasteiger partial charge on any atom is 0.335 e. The molecule has 0 spiro atoms. The molecule has 1 aliphatic rings. The van der Waals surface area contributed by atoms with Gasteiger partial charge in [-0.15, -0.1) is 0 Å². The first-order valence-electron chi connectivity index (χ1n) is 7.39. The van der Waals surface area contributed by atoms with Crippen LogP contribution in [-0.2, 0) is 9.47 Å². The first-order valence-corrected chi connectivity index (χ1v) is 7.39. The van der Waals surface area contributed by atoms with E-state index in [9.17, 15) is 9.59 Å². The van der Waals surface area contributed by atoms with Crippen molar-refractivity contribution in [2.24, 2.45) is 0 Å². The van der Waals surface area contributed by atoms with Crippen molar-refractivity contribution < 1.29 is 24.2 Å². The van der Waals surface area contributed by atoms with E-state index in [0.29, 0.717) is 31.7 Å². The number of nitrogens with one attached hydrogen (secondary N) is 1. The Morgan fingerprint density at radius 1 is 1.36 bits per heavy atom. The van der Waals surface area contributed by atoms with Crippen molar-refractivity contribution in [3.05, 3.63) is 34.9 Å². The molecule has 1 aromatic rings. The largest absolute Gasteiger partial charge is 0.478 e. The summed E-state index contributed by atoms with van der Waals surface area (Å²) in [5.41, 5.74) is 1.23. The highest BCUT2D eigenvalue weighted by Crippen LogP contribution is 2.10. The predicted molar refractivity (Wildman–Crippen MR) is 80.3 cm³/mol. The first kappa shape index (κ1) is 16.5. The van der Waals surface area contributed by atoms with Gasteiger partial charge in [-0.1, -0.05) is 0 Å². The average Bonchev–Trinajstić information content (AvgIpc) is 2.99. The fourth-order valence-corrected chi connectivity index (χ4v) is 2.31. The number of amides is 1. The molecular formula is C16H21NO5. The van der Waals surface area contributed by atoms with Crippen molar-refractivity contribution in [3.63, 3.8) is 0 Å². The highest BCUT2D eigenvalue weighted by Gasteiger charge is 2.15. The van der Waals surface area contributed by atoms with E-state index in [-0.39, 0.29) is 17.6 Å². The second-order valence-electron chi connectivity index (χ2n) is 5.36. The van der Waals surface area contributed by atoms with Gasteiger partial charge in [0.05, 0.1) is 18.3 Å². The molecule has 2 N–H and O–H groups in total. The maximum absolute atomic E-state index is 12.0. The third-order valence-corrected chi connectivity index (χ3v) is 3.43. The summed E-state index contributed by atoms with van der Waals surface area (Å²) in [5, 5.41) is 11.8. The van der Waals surface area contributed by atoms with E-state index in [4.69, 9.17) is 14.6 Å². The number of carboxylic acid groups (broad SMARTS) is 1. The molecule has 1 saturated heterocycles. The molecule has 1 amide bonds. The molecule has 1 fully saturated rings. The van der Waals surface area contributed by atoms with E-state index >= 15 is 0 Å². The zero-order valence-electron chi connectivity index (χ0n) is 12.6. The van der Waals surface area contributed by atoms with Crippen molar-refractivity contribution in [1.82, 2.24) is 5.32 Å². The van der Waals surface area contributed by atoms with Gasteiger partial charge in [0.15, 0.2) is 0 Å². The van der Waals surface area contributed by atoms with Crippen molar-refractivity contribution in [1.29, 1.82) is 0 Å². The van der Waals surface area contributed by atoms with Gasteiger partial charge in [-0.2, -0.15) is 0 Å². The molecule has 0 saturated carbocycles. The van der Waals surface area contributed by atoms with Crippen LogP contribution in [0.2, 0.25) is 0 Å². The van der Waals surface area contributed by atoms with Crippen molar-refractivity contribution in [2.75, 3.05) is 26.4 Å². The third-order valence-electron chi connectivity index (χ3n) is 3.43. The first-order chi connectivity index (χ1) is 10.6. The summed E-state index contributed by atoms with van der Waals surface area (Å²) in [6.45, 7) is 4.22. The van der Waals surface area contributed by atoms with Crippen LogP contribution in [0, 0.1) is 6.92 Å². The van der Waals surface area contributed by atoms with Crippen molar-refractivity contribution >= 4 is 11.9 Å².